The number of hydrogen-bond acceptors (Lipinski definition) is 5. The van der Waals surface area contributed by atoms with Gasteiger partial charge in [0.1, 0.15) is 11.4 Å². The molecule has 144 valence electrons. The van der Waals surface area contributed by atoms with Gasteiger partial charge in [0, 0.05) is 24.8 Å². The first-order chi connectivity index (χ1) is 13.1. The molecule has 7 heteroatoms. The van der Waals surface area contributed by atoms with Crippen LogP contribution in [-0.4, -0.2) is 35.2 Å². The molecule has 0 unspecified atom stereocenters. The van der Waals surface area contributed by atoms with Gasteiger partial charge in [0.25, 0.3) is 5.69 Å². The third kappa shape index (κ3) is 3.82. The number of esters is 1. The van der Waals surface area contributed by atoms with Crippen LogP contribution in [0.3, 0.4) is 0 Å². The lowest BCUT2D eigenvalue weighted by atomic mass is 9.93. The number of methoxy groups -OCH3 is 1. The van der Waals surface area contributed by atoms with E-state index in [2.05, 4.69) is 4.90 Å². The molecule has 3 rings (SSSR count). The van der Waals surface area contributed by atoms with E-state index >= 15 is 0 Å². The highest BCUT2D eigenvalue weighted by Crippen LogP contribution is 2.35. The van der Waals surface area contributed by atoms with Crippen molar-refractivity contribution in [1.82, 2.24) is 4.57 Å². The van der Waals surface area contributed by atoms with E-state index in [4.69, 9.17) is 4.74 Å². The molecule has 27 heavy (non-hydrogen) atoms. The lowest BCUT2D eigenvalue weighted by Gasteiger charge is -2.35. The van der Waals surface area contributed by atoms with Crippen LogP contribution in [0.4, 0.5) is 11.4 Å². The average molecular weight is 371 g/mol. The maximum Gasteiger partial charge on any atom is 0.355 e. The highest BCUT2D eigenvalue weighted by atomic mass is 16.6. The van der Waals surface area contributed by atoms with Crippen molar-refractivity contribution in [1.29, 1.82) is 0 Å². The Bertz CT molecular complexity index is 824. The van der Waals surface area contributed by atoms with E-state index < -0.39 is 5.97 Å². The minimum absolute atomic E-state index is 0.0597. The maximum absolute atomic E-state index is 11.9. The maximum atomic E-state index is 11.9. The van der Waals surface area contributed by atoms with E-state index in [9.17, 15) is 14.9 Å². The van der Waals surface area contributed by atoms with Crippen LogP contribution in [0.15, 0.2) is 36.5 Å². The monoisotopic (exact) mass is 371 g/mol. The Morgan fingerprint density at radius 1 is 1.30 bits per heavy atom. The van der Waals surface area contributed by atoms with Crippen LogP contribution in [0, 0.1) is 10.1 Å². The minimum Gasteiger partial charge on any atom is -0.464 e. The van der Waals surface area contributed by atoms with Gasteiger partial charge in [-0.25, -0.2) is 4.79 Å². The Morgan fingerprint density at radius 2 is 2.04 bits per heavy atom. The lowest BCUT2D eigenvalue weighted by molar-refractivity contribution is -0.384. The summed E-state index contributed by atoms with van der Waals surface area (Å²) in [6.45, 7) is 2.76. The molecular formula is C20H25N3O4. The van der Waals surface area contributed by atoms with Gasteiger partial charge >= 0.3 is 5.97 Å². The summed E-state index contributed by atoms with van der Waals surface area (Å²) >= 11 is 0. The van der Waals surface area contributed by atoms with Gasteiger partial charge in [-0.1, -0.05) is 19.3 Å². The number of nitrogens with zero attached hydrogens (tertiary/aromatic N) is 3. The van der Waals surface area contributed by atoms with Gasteiger partial charge in [-0.05, 0) is 44.0 Å². The predicted octanol–water partition coefficient (Wildman–Crippen LogP) is 4.33. The normalized spacial score (nSPS) is 14.7. The highest BCUT2D eigenvalue weighted by Gasteiger charge is 2.27. The molecular weight excluding hydrogens is 346 g/mol. The first-order valence-corrected chi connectivity index (χ1v) is 9.38. The van der Waals surface area contributed by atoms with Gasteiger partial charge in [-0.2, -0.15) is 0 Å². The fourth-order valence-corrected chi connectivity index (χ4v) is 3.95. The third-order valence-corrected chi connectivity index (χ3v) is 5.24. The van der Waals surface area contributed by atoms with Gasteiger partial charge in [-0.15, -0.1) is 0 Å². The molecule has 1 aromatic carbocycles. The number of carbonyl (C=O) groups is 1. The van der Waals surface area contributed by atoms with E-state index in [0.29, 0.717) is 23.1 Å². The molecule has 1 aromatic heterocycles. The van der Waals surface area contributed by atoms with E-state index in [-0.39, 0.29) is 10.6 Å². The fourth-order valence-electron chi connectivity index (χ4n) is 3.95. The summed E-state index contributed by atoms with van der Waals surface area (Å²) < 4.78 is 6.40. The molecule has 0 bridgehead atoms. The molecule has 0 saturated heterocycles. The van der Waals surface area contributed by atoms with Gasteiger partial charge in [0.05, 0.1) is 17.7 Å². The Hall–Kier alpha value is -2.83. The van der Waals surface area contributed by atoms with Crippen LogP contribution in [0.25, 0.3) is 5.69 Å². The molecule has 1 heterocycles. The van der Waals surface area contributed by atoms with Crippen molar-refractivity contribution in [2.45, 2.75) is 45.1 Å². The fraction of sp³-hybridized carbons (Fsp3) is 0.450. The second-order valence-corrected chi connectivity index (χ2v) is 6.76. The van der Waals surface area contributed by atoms with Crippen LogP contribution in [0.2, 0.25) is 0 Å². The van der Waals surface area contributed by atoms with Crippen molar-refractivity contribution in [3.05, 3.63) is 52.3 Å². The molecule has 1 fully saturated rings. The van der Waals surface area contributed by atoms with E-state index in [0.717, 1.165) is 19.4 Å². The number of aromatic nitrogens is 1. The molecule has 1 aliphatic carbocycles. The first-order valence-electron chi connectivity index (χ1n) is 9.38. The Morgan fingerprint density at radius 3 is 2.67 bits per heavy atom. The molecule has 0 radical (unpaired) electrons. The summed E-state index contributed by atoms with van der Waals surface area (Å²) in [6.07, 6.45) is 7.40. The zero-order valence-corrected chi connectivity index (χ0v) is 15.8. The first kappa shape index (κ1) is 18.9. The van der Waals surface area contributed by atoms with Crippen molar-refractivity contribution in [2.24, 2.45) is 0 Å². The van der Waals surface area contributed by atoms with Crippen molar-refractivity contribution < 1.29 is 14.5 Å². The smallest absolute Gasteiger partial charge is 0.355 e. The van der Waals surface area contributed by atoms with Crippen LogP contribution >= 0.6 is 0 Å². The highest BCUT2D eigenvalue weighted by molar-refractivity contribution is 5.88. The molecule has 1 aliphatic rings. The average Bonchev–Trinajstić information content (AvgIpc) is 3.18. The summed E-state index contributed by atoms with van der Waals surface area (Å²) in [4.78, 5) is 25.5. The van der Waals surface area contributed by atoms with Gasteiger partial charge < -0.3 is 14.2 Å². The summed E-state index contributed by atoms with van der Waals surface area (Å²) in [5.74, 6) is -0.482. The summed E-state index contributed by atoms with van der Waals surface area (Å²) in [6, 6.07) is 8.84. The van der Waals surface area contributed by atoms with E-state index in [1.165, 1.54) is 32.4 Å². The SMILES string of the molecule is CCN(c1ccc(-n2cccc2C(=O)OC)cc1[N+](=O)[O-])C1CCCCC1. The number of nitro benzene ring substituents is 1. The Balaban J connectivity index is 2.02. The third-order valence-electron chi connectivity index (χ3n) is 5.24. The number of hydrogen-bond donors (Lipinski definition) is 0. The summed E-state index contributed by atoms with van der Waals surface area (Å²) in [5.41, 5.74) is 1.60. The molecule has 7 nitrogen and oxygen atoms in total. The van der Waals surface area contributed by atoms with Crippen LogP contribution in [0.1, 0.15) is 49.5 Å². The Kier molecular flexibility index (Phi) is 5.78. The van der Waals surface area contributed by atoms with E-state index in [1.807, 2.05) is 13.0 Å². The van der Waals surface area contributed by atoms with Crippen molar-refractivity contribution in [3.8, 4) is 5.69 Å². The van der Waals surface area contributed by atoms with Crippen LogP contribution in [0.5, 0.6) is 0 Å². The van der Waals surface area contributed by atoms with Crippen molar-refractivity contribution in [2.75, 3.05) is 18.6 Å². The number of ether oxygens (including phenoxy) is 1. The summed E-state index contributed by atoms with van der Waals surface area (Å²) in [5, 5.41) is 11.8. The number of anilines is 1. The molecule has 0 N–H and O–H groups in total. The topological polar surface area (TPSA) is 77.6 Å². The standard InChI is InChI=1S/C20H25N3O4/c1-3-21(15-8-5-4-6-9-15)17-12-11-16(14-19(17)23(25)26)22-13-7-10-18(22)20(24)27-2/h7,10-15H,3-6,8-9H2,1-2H3. The number of benzene rings is 1. The molecule has 0 aliphatic heterocycles. The van der Waals surface area contributed by atoms with Crippen molar-refractivity contribution >= 4 is 17.3 Å². The summed E-state index contributed by atoms with van der Waals surface area (Å²) in [7, 11) is 1.31. The predicted molar refractivity (Wildman–Crippen MR) is 104 cm³/mol. The second kappa shape index (κ2) is 8.24. The molecule has 0 spiro atoms. The van der Waals surface area contributed by atoms with Crippen LogP contribution < -0.4 is 4.90 Å². The second-order valence-electron chi connectivity index (χ2n) is 6.76. The van der Waals surface area contributed by atoms with Crippen LogP contribution in [-0.2, 0) is 4.74 Å². The molecule has 0 atom stereocenters. The zero-order chi connectivity index (χ0) is 19.4. The quantitative estimate of drug-likeness (QED) is 0.429. The lowest BCUT2D eigenvalue weighted by Crippen LogP contribution is -2.37. The zero-order valence-electron chi connectivity index (χ0n) is 15.8. The molecule has 0 amide bonds. The number of carbonyl (C=O) groups excluding carboxylic acids is 1. The number of rotatable bonds is 6. The van der Waals surface area contributed by atoms with Gasteiger partial charge in [0.15, 0.2) is 0 Å². The largest absolute Gasteiger partial charge is 0.464 e. The van der Waals surface area contributed by atoms with Crippen molar-refractivity contribution in [3.63, 3.8) is 0 Å². The Labute approximate surface area is 158 Å². The minimum atomic E-state index is -0.482. The number of nitro groups is 1. The molecule has 1 saturated carbocycles. The van der Waals surface area contributed by atoms with Gasteiger partial charge in [0.2, 0.25) is 0 Å². The molecule has 2 aromatic rings. The van der Waals surface area contributed by atoms with E-state index in [1.54, 1.807) is 29.0 Å². The van der Waals surface area contributed by atoms with Gasteiger partial charge in [-0.3, -0.25) is 10.1 Å².